The maximum atomic E-state index is 12.5. The Balaban J connectivity index is 1.34. The van der Waals surface area contributed by atoms with Crippen molar-refractivity contribution in [1.82, 2.24) is 4.98 Å². The molecule has 0 amide bonds. The Morgan fingerprint density at radius 1 is 0.839 bits per heavy atom. The number of hydrogen-bond acceptors (Lipinski definition) is 4. The molecule has 1 aromatic heterocycles. The lowest BCUT2D eigenvalue weighted by Gasteiger charge is -2.07. The number of carbonyl (C=O) groups excluding carboxylic acids is 2. The van der Waals surface area contributed by atoms with Crippen LogP contribution in [0.4, 0.5) is 0 Å². The number of rotatable bonds is 11. The second-order valence-electron chi connectivity index (χ2n) is 7.43. The van der Waals surface area contributed by atoms with E-state index in [1.165, 1.54) is 5.56 Å². The molecule has 0 radical (unpaired) electrons. The number of aromatic nitrogens is 1. The van der Waals surface area contributed by atoms with E-state index in [2.05, 4.69) is 33.0 Å². The average molecular weight is 480 g/mol. The van der Waals surface area contributed by atoms with Crippen molar-refractivity contribution < 1.29 is 14.3 Å². The second kappa shape index (κ2) is 12.2. The number of ether oxygens (including phenoxy) is 1. The summed E-state index contributed by atoms with van der Waals surface area (Å²) in [5.74, 6) is -0.206. The standard InChI is InChI=1S/C26H26BrNO3/c27-24-13-4-9-21(18-24)7-1-2-16-31-25(29)14-5-10-20-8-3-11-22(17-20)26(30)23-12-6-15-28-19-23/h3-4,6,8-9,11-13,15,17-19H,1-2,5,7,10,14,16H2. The Kier molecular flexibility index (Phi) is 8.98. The summed E-state index contributed by atoms with van der Waals surface area (Å²) in [4.78, 5) is 28.5. The molecule has 0 N–H and O–H groups in total. The quantitative estimate of drug-likeness (QED) is 0.193. The summed E-state index contributed by atoms with van der Waals surface area (Å²) in [5, 5.41) is 0. The Bertz CT molecular complexity index is 1000. The van der Waals surface area contributed by atoms with Gasteiger partial charge in [-0.15, -0.1) is 0 Å². The smallest absolute Gasteiger partial charge is 0.305 e. The number of carbonyl (C=O) groups is 2. The second-order valence-corrected chi connectivity index (χ2v) is 8.35. The van der Waals surface area contributed by atoms with Gasteiger partial charge in [-0.05, 0) is 73.6 Å². The number of halogens is 1. The monoisotopic (exact) mass is 479 g/mol. The van der Waals surface area contributed by atoms with Gasteiger partial charge < -0.3 is 4.74 Å². The van der Waals surface area contributed by atoms with Crippen molar-refractivity contribution in [2.75, 3.05) is 6.61 Å². The molecule has 0 spiro atoms. The van der Waals surface area contributed by atoms with Gasteiger partial charge in [-0.1, -0.05) is 46.3 Å². The molecular weight excluding hydrogens is 454 g/mol. The lowest BCUT2D eigenvalue weighted by atomic mass is 10.0. The van der Waals surface area contributed by atoms with Gasteiger partial charge in [0.1, 0.15) is 0 Å². The molecule has 4 nitrogen and oxygen atoms in total. The van der Waals surface area contributed by atoms with E-state index in [1.807, 2.05) is 30.3 Å². The molecule has 3 aromatic rings. The highest BCUT2D eigenvalue weighted by Gasteiger charge is 2.10. The van der Waals surface area contributed by atoms with E-state index in [0.29, 0.717) is 30.6 Å². The number of pyridine rings is 1. The zero-order valence-corrected chi connectivity index (χ0v) is 19.0. The molecule has 0 unspecified atom stereocenters. The summed E-state index contributed by atoms with van der Waals surface area (Å²) in [6.45, 7) is 0.460. The van der Waals surface area contributed by atoms with E-state index >= 15 is 0 Å². The molecule has 0 atom stereocenters. The SMILES string of the molecule is O=C(CCCc1cccc(C(=O)c2cccnc2)c1)OCCCCc1cccc(Br)c1. The summed E-state index contributed by atoms with van der Waals surface area (Å²) < 4.78 is 6.44. The van der Waals surface area contributed by atoms with Crippen molar-refractivity contribution in [2.24, 2.45) is 0 Å². The van der Waals surface area contributed by atoms with Gasteiger partial charge in [0, 0.05) is 34.4 Å². The van der Waals surface area contributed by atoms with Gasteiger partial charge in [0.05, 0.1) is 6.61 Å². The van der Waals surface area contributed by atoms with Crippen molar-refractivity contribution in [3.8, 4) is 0 Å². The summed E-state index contributed by atoms with van der Waals surface area (Å²) in [6.07, 6.45) is 7.85. The van der Waals surface area contributed by atoms with E-state index in [4.69, 9.17) is 4.74 Å². The molecule has 0 saturated heterocycles. The molecule has 31 heavy (non-hydrogen) atoms. The van der Waals surface area contributed by atoms with Crippen LogP contribution in [0.2, 0.25) is 0 Å². The first-order valence-corrected chi connectivity index (χ1v) is 11.3. The first kappa shape index (κ1) is 22.9. The van der Waals surface area contributed by atoms with E-state index in [0.717, 1.165) is 35.7 Å². The average Bonchev–Trinajstić information content (AvgIpc) is 2.79. The molecule has 2 aromatic carbocycles. The first-order valence-electron chi connectivity index (χ1n) is 10.6. The van der Waals surface area contributed by atoms with Crippen LogP contribution in [0.3, 0.4) is 0 Å². The van der Waals surface area contributed by atoms with Crippen molar-refractivity contribution in [3.63, 3.8) is 0 Å². The molecule has 0 saturated carbocycles. The predicted octanol–water partition coefficient (Wildman–Crippen LogP) is 5.96. The van der Waals surface area contributed by atoms with Gasteiger partial charge in [0.25, 0.3) is 0 Å². The minimum Gasteiger partial charge on any atom is -0.466 e. The Morgan fingerprint density at radius 3 is 2.35 bits per heavy atom. The van der Waals surface area contributed by atoms with Crippen LogP contribution in [0.25, 0.3) is 0 Å². The topological polar surface area (TPSA) is 56.3 Å². The fourth-order valence-corrected chi connectivity index (χ4v) is 3.80. The summed E-state index contributed by atoms with van der Waals surface area (Å²) >= 11 is 3.48. The molecule has 5 heteroatoms. The van der Waals surface area contributed by atoms with Crippen LogP contribution in [-0.2, 0) is 22.4 Å². The van der Waals surface area contributed by atoms with E-state index in [-0.39, 0.29) is 11.8 Å². The van der Waals surface area contributed by atoms with Crippen LogP contribution in [0.15, 0.2) is 77.5 Å². The molecule has 160 valence electrons. The van der Waals surface area contributed by atoms with Gasteiger partial charge in [0.15, 0.2) is 5.78 Å². The third-order valence-electron chi connectivity index (χ3n) is 4.97. The van der Waals surface area contributed by atoms with Crippen molar-refractivity contribution in [2.45, 2.75) is 38.5 Å². The molecule has 0 aliphatic rings. The van der Waals surface area contributed by atoms with Crippen LogP contribution in [0.1, 0.15) is 52.7 Å². The largest absolute Gasteiger partial charge is 0.466 e. The van der Waals surface area contributed by atoms with Crippen LogP contribution in [0, 0.1) is 0 Å². The number of esters is 1. The van der Waals surface area contributed by atoms with Crippen LogP contribution in [-0.4, -0.2) is 23.3 Å². The number of unbranched alkanes of at least 4 members (excludes halogenated alkanes) is 1. The summed E-state index contributed by atoms with van der Waals surface area (Å²) in [6, 6.07) is 19.3. The van der Waals surface area contributed by atoms with Gasteiger partial charge in [-0.2, -0.15) is 0 Å². The van der Waals surface area contributed by atoms with E-state index < -0.39 is 0 Å². The maximum Gasteiger partial charge on any atom is 0.305 e. The molecular formula is C26H26BrNO3. The van der Waals surface area contributed by atoms with E-state index in [9.17, 15) is 9.59 Å². The fraction of sp³-hybridized carbons (Fsp3) is 0.269. The van der Waals surface area contributed by atoms with Crippen LogP contribution >= 0.6 is 15.9 Å². The van der Waals surface area contributed by atoms with E-state index in [1.54, 1.807) is 30.6 Å². The zero-order chi connectivity index (χ0) is 21.9. The summed E-state index contributed by atoms with van der Waals surface area (Å²) in [5.41, 5.74) is 3.53. The fourth-order valence-electron chi connectivity index (χ4n) is 3.35. The predicted molar refractivity (Wildman–Crippen MR) is 125 cm³/mol. The van der Waals surface area contributed by atoms with Crippen molar-refractivity contribution >= 4 is 27.7 Å². The Morgan fingerprint density at radius 2 is 1.58 bits per heavy atom. The molecule has 0 aliphatic carbocycles. The highest BCUT2D eigenvalue weighted by atomic mass is 79.9. The number of hydrogen-bond donors (Lipinski definition) is 0. The number of ketones is 1. The Labute approximate surface area is 191 Å². The zero-order valence-electron chi connectivity index (χ0n) is 17.4. The highest BCUT2D eigenvalue weighted by Crippen LogP contribution is 2.15. The van der Waals surface area contributed by atoms with Crippen molar-refractivity contribution in [1.29, 1.82) is 0 Å². The summed E-state index contributed by atoms with van der Waals surface area (Å²) in [7, 11) is 0. The van der Waals surface area contributed by atoms with Crippen LogP contribution in [0.5, 0.6) is 0 Å². The molecule has 1 heterocycles. The highest BCUT2D eigenvalue weighted by molar-refractivity contribution is 9.10. The molecule has 3 rings (SSSR count). The number of nitrogens with zero attached hydrogens (tertiary/aromatic N) is 1. The molecule has 0 fully saturated rings. The minimum atomic E-state index is -0.162. The number of benzene rings is 2. The number of aryl methyl sites for hydroxylation is 2. The first-order chi connectivity index (χ1) is 15.1. The lowest BCUT2D eigenvalue weighted by molar-refractivity contribution is -0.143. The Hall–Kier alpha value is -2.79. The normalized spacial score (nSPS) is 10.6. The van der Waals surface area contributed by atoms with Gasteiger partial charge in [-0.25, -0.2) is 0 Å². The third-order valence-corrected chi connectivity index (χ3v) is 5.46. The van der Waals surface area contributed by atoms with Crippen molar-refractivity contribution in [3.05, 3.63) is 99.8 Å². The molecule has 0 aliphatic heterocycles. The lowest BCUT2D eigenvalue weighted by Crippen LogP contribution is -2.07. The van der Waals surface area contributed by atoms with Gasteiger partial charge >= 0.3 is 5.97 Å². The molecule has 0 bridgehead atoms. The van der Waals surface area contributed by atoms with Crippen LogP contribution < -0.4 is 0 Å². The minimum absolute atomic E-state index is 0.0442. The van der Waals surface area contributed by atoms with Gasteiger partial charge in [-0.3, -0.25) is 14.6 Å². The van der Waals surface area contributed by atoms with Gasteiger partial charge in [0.2, 0.25) is 0 Å². The third kappa shape index (κ3) is 7.76. The maximum absolute atomic E-state index is 12.5.